The lowest BCUT2D eigenvalue weighted by Crippen LogP contribution is -2.25. The monoisotopic (exact) mass is 522 g/mol. The molecule has 0 aliphatic carbocycles. The molecule has 0 aromatic carbocycles. The number of rotatable bonds is 28. The largest absolute Gasteiger partial charge is 0.404 e. The first-order valence-electron chi connectivity index (χ1n) is 14.8. The predicted octanol–water partition coefficient (Wildman–Crippen LogP) is 8.83. The van der Waals surface area contributed by atoms with Gasteiger partial charge < -0.3 is 9.47 Å². The normalized spacial score (nSPS) is 13.8. The van der Waals surface area contributed by atoms with Crippen molar-refractivity contribution in [1.29, 1.82) is 0 Å². The van der Waals surface area contributed by atoms with Crippen LogP contribution in [0.4, 0.5) is 0 Å². The molecule has 6 nitrogen and oxygen atoms in total. The summed E-state index contributed by atoms with van der Waals surface area (Å²) in [5.74, 6) is 0. The Balaban J connectivity index is 3.61. The molecule has 0 N–H and O–H groups in total. The molecule has 2 unspecified atom stereocenters. The zero-order chi connectivity index (χ0) is 26.0. The Morgan fingerprint density at radius 2 is 0.714 bits per heavy atom. The van der Waals surface area contributed by atoms with Gasteiger partial charge in [-0.2, -0.15) is 8.42 Å². The Hall–Kier alpha value is -0.210. The van der Waals surface area contributed by atoms with Crippen molar-refractivity contribution < 1.29 is 26.3 Å². The lowest BCUT2D eigenvalue weighted by atomic mass is 10.1. The Kier molecular flexibility index (Phi) is 25.3. The summed E-state index contributed by atoms with van der Waals surface area (Å²) in [6.45, 7) is 8.60. The molecular formula is C28H58O6S. The van der Waals surface area contributed by atoms with E-state index in [9.17, 15) is 8.42 Å². The first kappa shape index (κ1) is 34.8. The van der Waals surface area contributed by atoms with Crippen molar-refractivity contribution >= 4 is 10.4 Å². The molecule has 0 fully saturated rings. The van der Waals surface area contributed by atoms with E-state index in [0.29, 0.717) is 13.2 Å². The summed E-state index contributed by atoms with van der Waals surface area (Å²) in [6.07, 6.45) is 23.2. The molecule has 0 spiro atoms. The van der Waals surface area contributed by atoms with E-state index in [-0.39, 0.29) is 0 Å². The fraction of sp³-hybridized carbons (Fsp3) is 1.00. The van der Waals surface area contributed by atoms with Crippen molar-refractivity contribution in [3.8, 4) is 0 Å². The molecule has 0 bridgehead atoms. The van der Waals surface area contributed by atoms with E-state index in [1.807, 2.05) is 0 Å². The third kappa shape index (κ3) is 26.7. The van der Waals surface area contributed by atoms with Crippen molar-refractivity contribution in [2.24, 2.45) is 0 Å². The average Bonchev–Trinajstić information content (AvgIpc) is 2.80. The number of hydrogen-bond donors (Lipinski definition) is 0. The van der Waals surface area contributed by atoms with Crippen LogP contribution in [0.15, 0.2) is 0 Å². The van der Waals surface area contributed by atoms with E-state index < -0.39 is 23.0 Å². The molecule has 0 aliphatic rings. The highest BCUT2D eigenvalue weighted by Gasteiger charge is 2.21. The molecule has 0 heterocycles. The van der Waals surface area contributed by atoms with Crippen LogP contribution >= 0.6 is 0 Å². The summed E-state index contributed by atoms with van der Waals surface area (Å²) in [7, 11) is -4.16. The lowest BCUT2D eigenvalue weighted by molar-refractivity contribution is -0.100. The summed E-state index contributed by atoms with van der Waals surface area (Å²) in [4.78, 5) is 0. The van der Waals surface area contributed by atoms with Gasteiger partial charge in [-0.1, -0.05) is 129 Å². The standard InChI is InChI=1S/C28H58O6S/c1-5-7-9-11-13-15-17-19-21-23-25-31-27(3)33-35(29,30)34-28(4)32-26-24-22-20-18-16-14-12-10-8-6-2/h27-28H,5-26H2,1-4H3. The van der Waals surface area contributed by atoms with Crippen LogP contribution in [0.25, 0.3) is 0 Å². The first-order chi connectivity index (χ1) is 16.9. The number of ether oxygens (including phenoxy) is 2. The molecule has 0 radical (unpaired) electrons. The smallest absolute Gasteiger partial charge is 0.352 e. The van der Waals surface area contributed by atoms with Crippen LogP contribution in [-0.4, -0.2) is 34.2 Å². The molecule has 7 heteroatoms. The molecule has 2 atom stereocenters. The molecule has 0 rings (SSSR count). The molecule has 35 heavy (non-hydrogen) atoms. The Morgan fingerprint density at radius 1 is 0.457 bits per heavy atom. The van der Waals surface area contributed by atoms with Gasteiger partial charge in [0.15, 0.2) is 12.6 Å². The van der Waals surface area contributed by atoms with Gasteiger partial charge in [-0.15, -0.1) is 0 Å². The fourth-order valence-electron chi connectivity index (χ4n) is 4.09. The van der Waals surface area contributed by atoms with Crippen molar-refractivity contribution in [2.45, 2.75) is 169 Å². The van der Waals surface area contributed by atoms with E-state index in [1.165, 1.54) is 103 Å². The molecule has 0 saturated carbocycles. The van der Waals surface area contributed by atoms with Gasteiger partial charge in [-0.05, 0) is 26.7 Å². The Bertz CT molecular complexity index is 486. The van der Waals surface area contributed by atoms with Crippen LogP contribution in [0.5, 0.6) is 0 Å². The molecule has 0 amide bonds. The van der Waals surface area contributed by atoms with Crippen molar-refractivity contribution in [3.63, 3.8) is 0 Å². The van der Waals surface area contributed by atoms with Gasteiger partial charge in [0, 0.05) is 13.2 Å². The van der Waals surface area contributed by atoms with Crippen LogP contribution < -0.4 is 0 Å². The zero-order valence-electron chi connectivity index (χ0n) is 23.6. The molecule has 0 saturated heterocycles. The molecule has 0 aromatic heterocycles. The quantitative estimate of drug-likeness (QED) is 0.0755. The zero-order valence-corrected chi connectivity index (χ0v) is 24.4. The summed E-state index contributed by atoms with van der Waals surface area (Å²) in [5, 5.41) is 0. The highest BCUT2D eigenvalue weighted by atomic mass is 32.3. The lowest BCUT2D eigenvalue weighted by Gasteiger charge is -2.17. The summed E-state index contributed by atoms with van der Waals surface area (Å²) < 4.78 is 45.0. The number of hydrogen-bond acceptors (Lipinski definition) is 6. The van der Waals surface area contributed by atoms with Crippen LogP contribution in [0, 0.1) is 0 Å². The van der Waals surface area contributed by atoms with Gasteiger partial charge >= 0.3 is 10.4 Å². The summed E-state index contributed by atoms with van der Waals surface area (Å²) >= 11 is 0. The third-order valence-corrected chi connectivity index (χ3v) is 7.22. The average molecular weight is 523 g/mol. The molecule has 0 aliphatic heterocycles. The Morgan fingerprint density at radius 3 is 1.00 bits per heavy atom. The second-order valence-electron chi connectivity index (χ2n) is 9.84. The highest BCUT2D eigenvalue weighted by molar-refractivity contribution is 7.81. The van der Waals surface area contributed by atoms with Crippen LogP contribution in [0.3, 0.4) is 0 Å². The van der Waals surface area contributed by atoms with Gasteiger partial charge in [0.05, 0.1) is 0 Å². The minimum absolute atomic E-state index is 0.484. The van der Waals surface area contributed by atoms with Crippen molar-refractivity contribution in [2.75, 3.05) is 13.2 Å². The molecule has 212 valence electrons. The maximum absolute atomic E-state index is 12.0. The van der Waals surface area contributed by atoms with Crippen LogP contribution in [0.1, 0.15) is 156 Å². The highest BCUT2D eigenvalue weighted by Crippen LogP contribution is 2.13. The minimum atomic E-state index is -4.16. The molecule has 0 aromatic rings. The van der Waals surface area contributed by atoms with Gasteiger partial charge in [0.2, 0.25) is 0 Å². The first-order valence-corrected chi connectivity index (χ1v) is 16.1. The second kappa shape index (κ2) is 25.4. The predicted molar refractivity (Wildman–Crippen MR) is 146 cm³/mol. The maximum atomic E-state index is 12.0. The Labute approximate surface area is 218 Å². The summed E-state index contributed by atoms with van der Waals surface area (Å²) in [5.41, 5.74) is 0. The number of unbranched alkanes of at least 4 members (excludes halogenated alkanes) is 18. The van der Waals surface area contributed by atoms with Gasteiger partial charge in [0.1, 0.15) is 0 Å². The second-order valence-corrected chi connectivity index (χ2v) is 11.0. The fourth-order valence-corrected chi connectivity index (χ4v) is 4.91. The van der Waals surface area contributed by atoms with E-state index in [2.05, 4.69) is 13.8 Å². The van der Waals surface area contributed by atoms with E-state index >= 15 is 0 Å². The topological polar surface area (TPSA) is 71.1 Å². The third-order valence-electron chi connectivity index (χ3n) is 6.21. The van der Waals surface area contributed by atoms with Crippen molar-refractivity contribution in [1.82, 2.24) is 0 Å². The van der Waals surface area contributed by atoms with E-state index in [1.54, 1.807) is 13.8 Å². The molecular weight excluding hydrogens is 464 g/mol. The van der Waals surface area contributed by atoms with E-state index in [0.717, 1.165) is 25.7 Å². The maximum Gasteiger partial charge on any atom is 0.404 e. The van der Waals surface area contributed by atoms with Gasteiger partial charge in [-0.25, -0.2) is 8.37 Å². The minimum Gasteiger partial charge on any atom is -0.352 e. The van der Waals surface area contributed by atoms with Crippen LogP contribution in [0.2, 0.25) is 0 Å². The SMILES string of the molecule is CCCCCCCCCCCCOC(C)OS(=O)(=O)OC(C)OCCCCCCCCCCCC. The van der Waals surface area contributed by atoms with E-state index in [4.69, 9.17) is 17.8 Å². The van der Waals surface area contributed by atoms with Crippen LogP contribution in [-0.2, 0) is 28.2 Å². The van der Waals surface area contributed by atoms with Crippen molar-refractivity contribution in [3.05, 3.63) is 0 Å². The summed E-state index contributed by atoms with van der Waals surface area (Å²) in [6, 6.07) is 0. The van der Waals surface area contributed by atoms with Gasteiger partial charge in [-0.3, -0.25) is 0 Å². The van der Waals surface area contributed by atoms with Gasteiger partial charge in [0.25, 0.3) is 0 Å².